The maximum absolute atomic E-state index is 6.06. The minimum atomic E-state index is 0.630. The molecule has 0 N–H and O–H groups in total. The molecule has 2 aromatic heterocycles. The fraction of sp³-hybridized carbons (Fsp3) is 0. The van der Waals surface area contributed by atoms with Gasteiger partial charge in [-0.2, -0.15) is 0 Å². The second kappa shape index (κ2) is 14.1. The molecule has 0 saturated heterocycles. The molecule has 2 heterocycles. The fourth-order valence-corrected chi connectivity index (χ4v) is 8.54. The highest BCUT2D eigenvalue weighted by Crippen LogP contribution is 2.41. The smallest absolute Gasteiger partial charge is 0.227 e. The van der Waals surface area contributed by atoms with Crippen LogP contribution in [0.3, 0.4) is 0 Å². The van der Waals surface area contributed by atoms with E-state index in [-0.39, 0.29) is 0 Å². The van der Waals surface area contributed by atoms with Crippen LogP contribution in [0.15, 0.2) is 223 Å². The summed E-state index contributed by atoms with van der Waals surface area (Å²) in [6.45, 7) is 0. The third-order valence-electron chi connectivity index (χ3n) is 11.3. The van der Waals surface area contributed by atoms with Crippen molar-refractivity contribution in [3.63, 3.8) is 0 Å². The summed E-state index contributed by atoms with van der Waals surface area (Å²) in [7, 11) is 0. The van der Waals surface area contributed by atoms with Crippen LogP contribution >= 0.6 is 0 Å². The van der Waals surface area contributed by atoms with Gasteiger partial charge in [0.1, 0.15) is 5.52 Å². The zero-order valence-electron chi connectivity index (χ0n) is 31.6. The zero-order valence-corrected chi connectivity index (χ0v) is 31.6. The van der Waals surface area contributed by atoms with Crippen LogP contribution in [0.25, 0.3) is 106 Å². The van der Waals surface area contributed by atoms with Crippen molar-refractivity contribution in [1.29, 1.82) is 0 Å². The molecule has 0 fully saturated rings. The van der Waals surface area contributed by atoms with E-state index in [9.17, 15) is 0 Å². The number of nitrogens with zero attached hydrogens (tertiary/aromatic N) is 2. The minimum absolute atomic E-state index is 0.630. The summed E-state index contributed by atoms with van der Waals surface area (Å²) in [5.41, 5.74) is 18.1. The number of para-hydroxylation sites is 3. The molecule has 11 aromatic rings. The van der Waals surface area contributed by atoms with Gasteiger partial charge in [-0.3, -0.25) is 0 Å². The number of rotatable bonds is 7. The van der Waals surface area contributed by atoms with Gasteiger partial charge in [-0.05, 0) is 110 Å². The monoisotopic (exact) mass is 740 g/mol. The van der Waals surface area contributed by atoms with Crippen molar-refractivity contribution in [2.75, 3.05) is 0 Å². The Labute approximate surface area is 336 Å². The molecular formula is C55H36N2O. The van der Waals surface area contributed by atoms with Crippen molar-refractivity contribution < 1.29 is 4.42 Å². The zero-order chi connectivity index (χ0) is 38.4. The van der Waals surface area contributed by atoms with Crippen LogP contribution in [0.5, 0.6) is 0 Å². The summed E-state index contributed by atoms with van der Waals surface area (Å²) in [6, 6.07) is 77.8. The SMILES string of the molecule is c1ccc(-c2ccccc2-c2ccc3c(c2)c2ccccc2n3-c2ccc(-c3ccccc3-c3ccccc3-c3ccc(-c4nc5ccccc5o4)cc3)cc2)cc1. The summed E-state index contributed by atoms with van der Waals surface area (Å²) >= 11 is 0. The third-order valence-corrected chi connectivity index (χ3v) is 11.3. The largest absolute Gasteiger partial charge is 0.436 e. The summed E-state index contributed by atoms with van der Waals surface area (Å²) < 4.78 is 8.45. The van der Waals surface area contributed by atoms with E-state index in [0.717, 1.165) is 27.9 Å². The van der Waals surface area contributed by atoms with E-state index in [2.05, 4.69) is 199 Å². The molecule has 0 spiro atoms. The molecule has 9 aromatic carbocycles. The van der Waals surface area contributed by atoms with Crippen molar-refractivity contribution >= 4 is 32.9 Å². The van der Waals surface area contributed by atoms with E-state index in [0.29, 0.717) is 5.89 Å². The normalized spacial score (nSPS) is 11.4. The quantitative estimate of drug-likeness (QED) is 0.163. The Balaban J connectivity index is 0.953. The molecule has 3 heteroatoms. The standard InChI is InChI=1S/C55H36N2O/c1-2-14-37(15-3-1)43-16-4-5-19-46(43)41-32-35-53-50(36-41)49-22-10-12-24-52(49)57(53)42-33-30-39(31-34-42)45-18-7-9-21-48(45)47-20-8-6-17-44(47)38-26-28-40(29-27-38)55-56-51-23-11-13-25-54(51)58-55/h1-36H. The third kappa shape index (κ3) is 5.80. The second-order valence-corrected chi connectivity index (χ2v) is 14.7. The molecule has 272 valence electrons. The lowest BCUT2D eigenvalue weighted by Crippen LogP contribution is -1.94. The van der Waals surface area contributed by atoms with Gasteiger partial charge in [0.15, 0.2) is 5.58 Å². The first kappa shape index (κ1) is 33.6. The van der Waals surface area contributed by atoms with Gasteiger partial charge in [-0.1, -0.05) is 164 Å². The molecule has 0 aliphatic heterocycles. The Kier molecular flexibility index (Phi) is 8.15. The van der Waals surface area contributed by atoms with Crippen molar-refractivity contribution in [1.82, 2.24) is 9.55 Å². The number of fused-ring (bicyclic) bond motifs is 4. The van der Waals surface area contributed by atoms with E-state index in [1.807, 2.05) is 24.3 Å². The molecule has 58 heavy (non-hydrogen) atoms. The molecule has 0 unspecified atom stereocenters. The number of hydrogen-bond donors (Lipinski definition) is 0. The summed E-state index contributed by atoms with van der Waals surface area (Å²) in [5, 5.41) is 2.48. The lowest BCUT2D eigenvalue weighted by molar-refractivity contribution is 0.620. The molecule has 11 rings (SSSR count). The fourth-order valence-electron chi connectivity index (χ4n) is 8.54. The van der Waals surface area contributed by atoms with Crippen LogP contribution in [0.2, 0.25) is 0 Å². The topological polar surface area (TPSA) is 31.0 Å². The van der Waals surface area contributed by atoms with Gasteiger partial charge in [-0.25, -0.2) is 4.98 Å². The highest BCUT2D eigenvalue weighted by Gasteiger charge is 2.17. The van der Waals surface area contributed by atoms with Crippen molar-refractivity contribution in [3.8, 4) is 72.8 Å². The van der Waals surface area contributed by atoms with E-state index < -0.39 is 0 Å². The number of aromatic nitrogens is 2. The van der Waals surface area contributed by atoms with E-state index in [4.69, 9.17) is 9.40 Å². The molecule has 0 bridgehead atoms. The molecule has 0 radical (unpaired) electrons. The van der Waals surface area contributed by atoms with Gasteiger partial charge in [0.25, 0.3) is 0 Å². The van der Waals surface area contributed by atoms with Crippen LogP contribution in [0.1, 0.15) is 0 Å². The van der Waals surface area contributed by atoms with Gasteiger partial charge < -0.3 is 8.98 Å². The summed E-state index contributed by atoms with van der Waals surface area (Å²) in [4.78, 5) is 4.71. The average Bonchev–Trinajstić information content (AvgIpc) is 3.89. The van der Waals surface area contributed by atoms with E-state index in [1.54, 1.807) is 0 Å². The van der Waals surface area contributed by atoms with Gasteiger partial charge in [0, 0.05) is 22.0 Å². The van der Waals surface area contributed by atoms with Gasteiger partial charge in [0.2, 0.25) is 5.89 Å². The first-order valence-corrected chi connectivity index (χ1v) is 19.7. The molecule has 0 amide bonds. The molecule has 0 aliphatic carbocycles. The predicted octanol–water partition coefficient (Wildman–Crippen LogP) is 14.9. The maximum Gasteiger partial charge on any atom is 0.227 e. The van der Waals surface area contributed by atoms with Gasteiger partial charge >= 0.3 is 0 Å². The van der Waals surface area contributed by atoms with Gasteiger partial charge in [0.05, 0.1) is 11.0 Å². The Morgan fingerprint density at radius 3 is 1.47 bits per heavy atom. The lowest BCUT2D eigenvalue weighted by Gasteiger charge is -2.16. The second-order valence-electron chi connectivity index (χ2n) is 14.7. The minimum Gasteiger partial charge on any atom is -0.436 e. The molecule has 3 nitrogen and oxygen atoms in total. The molecule has 0 atom stereocenters. The molecule has 0 saturated carbocycles. The Morgan fingerprint density at radius 2 is 0.793 bits per heavy atom. The maximum atomic E-state index is 6.06. The number of benzene rings is 9. The number of hydrogen-bond acceptors (Lipinski definition) is 2. The van der Waals surface area contributed by atoms with E-state index in [1.165, 1.54) is 71.9 Å². The van der Waals surface area contributed by atoms with E-state index >= 15 is 0 Å². The predicted molar refractivity (Wildman–Crippen MR) is 241 cm³/mol. The highest BCUT2D eigenvalue weighted by atomic mass is 16.3. The lowest BCUT2D eigenvalue weighted by atomic mass is 9.89. The van der Waals surface area contributed by atoms with Crippen molar-refractivity contribution in [2.24, 2.45) is 0 Å². The van der Waals surface area contributed by atoms with Crippen LogP contribution in [-0.2, 0) is 0 Å². The summed E-state index contributed by atoms with van der Waals surface area (Å²) in [5.74, 6) is 0.630. The summed E-state index contributed by atoms with van der Waals surface area (Å²) in [6.07, 6.45) is 0. The van der Waals surface area contributed by atoms with Crippen LogP contribution < -0.4 is 0 Å². The van der Waals surface area contributed by atoms with Crippen molar-refractivity contribution in [2.45, 2.75) is 0 Å². The first-order chi connectivity index (χ1) is 28.8. The first-order valence-electron chi connectivity index (χ1n) is 19.7. The Bertz CT molecular complexity index is 3230. The molecule has 0 aliphatic rings. The number of oxazole rings is 1. The van der Waals surface area contributed by atoms with Crippen LogP contribution in [-0.4, -0.2) is 9.55 Å². The molecular weight excluding hydrogens is 705 g/mol. The van der Waals surface area contributed by atoms with Gasteiger partial charge in [-0.15, -0.1) is 0 Å². The van der Waals surface area contributed by atoms with Crippen molar-refractivity contribution in [3.05, 3.63) is 218 Å². The van der Waals surface area contributed by atoms with Crippen LogP contribution in [0, 0.1) is 0 Å². The van der Waals surface area contributed by atoms with Crippen LogP contribution in [0.4, 0.5) is 0 Å². The Hall–Kier alpha value is -7.75. The average molecular weight is 741 g/mol. The highest BCUT2D eigenvalue weighted by molar-refractivity contribution is 6.11. The Morgan fingerprint density at radius 1 is 0.328 bits per heavy atom.